The lowest BCUT2D eigenvalue weighted by Gasteiger charge is -2.07. The number of hydrogen-bond donors (Lipinski definition) is 0. The van der Waals surface area contributed by atoms with Crippen molar-refractivity contribution in [2.24, 2.45) is 5.92 Å². The van der Waals surface area contributed by atoms with Crippen LogP contribution >= 0.6 is 11.8 Å². The van der Waals surface area contributed by atoms with E-state index in [0.29, 0.717) is 5.92 Å². The van der Waals surface area contributed by atoms with Gasteiger partial charge >= 0.3 is 0 Å². The number of nitrogens with zero attached hydrogens (tertiary/aromatic N) is 1. The fraction of sp³-hybridized carbons (Fsp3) is 0.364. The molecule has 0 saturated heterocycles. The molecule has 0 heterocycles. The number of thioether (sulfide) groups is 1. The molecule has 1 aromatic rings. The van der Waals surface area contributed by atoms with Gasteiger partial charge in [-0.05, 0) is 29.7 Å². The Morgan fingerprint density at radius 1 is 1.38 bits per heavy atom. The third-order valence-corrected chi connectivity index (χ3v) is 2.72. The molecule has 0 fully saturated rings. The second-order valence-corrected chi connectivity index (χ2v) is 4.00. The van der Waals surface area contributed by atoms with E-state index in [1.54, 1.807) is 0 Å². The molecule has 0 aromatic heterocycles. The summed E-state index contributed by atoms with van der Waals surface area (Å²) >= 11 is 1.34. The van der Waals surface area contributed by atoms with Crippen LogP contribution in [0.15, 0.2) is 30.3 Å². The highest BCUT2D eigenvalue weighted by Gasteiger charge is 2.02. The van der Waals surface area contributed by atoms with E-state index >= 15 is 0 Å². The molecule has 1 rings (SSSR count). The van der Waals surface area contributed by atoms with Gasteiger partial charge in [0.05, 0.1) is 0 Å². The molecule has 1 atom stereocenters. The SMILES string of the molecule is CC(CSC#N)Cc1ccccc1. The van der Waals surface area contributed by atoms with Crippen LogP contribution in [-0.2, 0) is 6.42 Å². The van der Waals surface area contributed by atoms with E-state index in [0.717, 1.165) is 12.2 Å². The minimum atomic E-state index is 0.576. The summed E-state index contributed by atoms with van der Waals surface area (Å²) in [7, 11) is 0. The molecule has 0 amide bonds. The Balaban J connectivity index is 2.37. The molecule has 1 unspecified atom stereocenters. The monoisotopic (exact) mass is 191 g/mol. The lowest BCUT2D eigenvalue weighted by molar-refractivity contribution is 0.659. The van der Waals surface area contributed by atoms with E-state index in [2.05, 4.69) is 36.6 Å². The first-order valence-electron chi connectivity index (χ1n) is 4.37. The Hall–Kier alpha value is -0.940. The first-order valence-corrected chi connectivity index (χ1v) is 5.36. The van der Waals surface area contributed by atoms with Crippen molar-refractivity contribution in [1.29, 1.82) is 5.26 Å². The van der Waals surface area contributed by atoms with Gasteiger partial charge < -0.3 is 0 Å². The van der Waals surface area contributed by atoms with Crippen molar-refractivity contribution in [3.05, 3.63) is 35.9 Å². The minimum absolute atomic E-state index is 0.576. The molecule has 0 aliphatic heterocycles. The normalized spacial score (nSPS) is 12.0. The average Bonchev–Trinajstić information content (AvgIpc) is 2.16. The molecule has 0 saturated carbocycles. The molecule has 0 radical (unpaired) electrons. The number of hydrogen-bond acceptors (Lipinski definition) is 2. The number of rotatable bonds is 4. The first-order chi connectivity index (χ1) is 6.33. The smallest absolute Gasteiger partial charge is 0.133 e. The molecular formula is C11H13NS. The zero-order valence-electron chi connectivity index (χ0n) is 7.73. The van der Waals surface area contributed by atoms with Crippen molar-refractivity contribution in [3.8, 4) is 5.40 Å². The Morgan fingerprint density at radius 2 is 2.08 bits per heavy atom. The molecule has 0 aliphatic carbocycles. The lowest BCUT2D eigenvalue weighted by atomic mass is 10.0. The van der Waals surface area contributed by atoms with E-state index in [1.807, 2.05) is 6.07 Å². The maximum Gasteiger partial charge on any atom is 0.133 e. The van der Waals surface area contributed by atoms with Crippen LogP contribution in [0.25, 0.3) is 0 Å². The molecule has 1 aromatic carbocycles. The summed E-state index contributed by atoms with van der Waals surface area (Å²) in [5.74, 6) is 1.50. The van der Waals surface area contributed by atoms with Crippen molar-refractivity contribution < 1.29 is 0 Å². The van der Waals surface area contributed by atoms with E-state index in [9.17, 15) is 0 Å². The number of benzene rings is 1. The predicted molar refractivity (Wildman–Crippen MR) is 57.4 cm³/mol. The van der Waals surface area contributed by atoms with E-state index in [-0.39, 0.29) is 0 Å². The van der Waals surface area contributed by atoms with Crippen LogP contribution in [-0.4, -0.2) is 5.75 Å². The van der Waals surface area contributed by atoms with Crippen molar-refractivity contribution in [1.82, 2.24) is 0 Å². The van der Waals surface area contributed by atoms with Crippen LogP contribution in [0.1, 0.15) is 12.5 Å². The van der Waals surface area contributed by atoms with Gasteiger partial charge in [0.15, 0.2) is 0 Å². The van der Waals surface area contributed by atoms with Crippen LogP contribution in [0.2, 0.25) is 0 Å². The minimum Gasteiger partial charge on any atom is -0.185 e. The van der Waals surface area contributed by atoms with Gasteiger partial charge in [0.1, 0.15) is 5.40 Å². The first kappa shape index (κ1) is 10.1. The molecule has 0 spiro atoms. The lowest BCUT2D eigenvalue weighted by Crippen LogP contribution is -2.01. The van der Waals surface area contributed by atoms with Gasteiger partial charge in [-0.25, -0.2) is 0 Å². The Morgan fingerprint density at radius 3 is 2.69 bits per heavy atom. The Kier molecular flexibility index (Phi) is 4.42. The number of thiocyanates is 1. The average molecular weight is 191 g/mol. The van der Waals surface area contributed by atoms with E-state index < -0.39 is 0 Å². The number of nitriles is 1. The van der Waals surface area contributed by atoms with Crippen LogP contribution in [0.4, 0.5) is 0 Å². The fourth-order valence-corrected chi connectivity index (χ4v) is 1.73. The largest absolute Gasteiger partial charge is 0.185 e. The highest BCUT2D eigenvalue weighted by molar-refractivity contribution is 8.03. The molecule has 0 bridgehead atoms. The summed E-state index contributed by atoms with van der Waals surface area (Å²) in [6.07, 6.45) is 1.06. The standard InChI is InChI=1S/C11H13NS/c1-10(8-13-9-12)7-11-5-3-2-4-6-11/h2-6,10H,7-8H2,1H3. The summed E-state index contributed by atoms with van der Waals surface area (Å²) in [5, 5.41) is 10.5. The summed E-state index contributed by atoms with van der Waals surface area (Å²) in [6, 6.07) is 10.4. The molecule has 68 valence electrons. The maximum atomic E-state index is 8.39. The second-order valence-electron chi connectivity index (χ2n) is 3.20. The third-order valence-electron chi connectivity index (χ3n) is 1.86. The van der Waals surface area contributed by atoms with Gasteiger partial charge in [-0.3, -0.25) is 0 Å². The maximum absolute atomic E-state index is 8.39. The van der Waals surface area contributed by atoms with Gasteiger partial charge in [0, 0.05) is 5.75 Å². The quantitative estimate of drug-likeness (QED) is 0.683. The molecule has 2 heteroatoms. The topological polar surface area (TPSA) is 23.8 Å². The highest BCUT2D eigenvalue weighted by Crippen LogP contribution is 2.12. The van der Waals surface area contributed by atoms with Crippen molar-refractivity contribution in [3.63, 3.8) is 0 Å². The summed E-state index contributed by atoms with van der Waals surface area (Å²) in [4.78, 5) is 0. The van der Waals surface area contributed by atoms with Crippen LogP contribution in [0, 0.1) is 16.6 Å². The van der Waals surface area contributed by atoms with Crippen LogP contribution in [0.5, 0.6) is 0 Å². The van der Waals surface area contributed by atoms with Crippen molar-refractivity contribution >= 4 is 11.8 Å². The zero-order chi connectivity index (χ0) is 9.52. The van der Waals surface area contributed by atoms with Gasteiger partial charge in [-0.2, -0.15) is 5.26 Å². The Labute approximate surface area is 83.8 Å². The van der Waals surface area contributed by atoms with Crippen LogP contribution < -0.4 is 0 Å². The van der Waals surface area contributed by atoms with Crippen molar-refractivity contribution in [2.75, 3.05) is 5.75 Å². The van der Waals surface area contributed by atoms with Crippen molar-refractivity contribution in [2.45, 2.75) is 13.3 Å². The Bertz CT molecular complexity index is 276. The molecule has 13 heavy (non-hydrogen) atoms. The fourth-order valence-electron chi connectivity index (χ4n) is 1.25. The van der Waals surface area contributed by atoms with Gasteiger partial charge in [0.2, 0.25) is 0 Å². The molecule has 0 N–H and O–H groups in total. The summed E-state index contributed by atoms with van der Waals surface area (Å²) < 4.78 is 0. The van der Waals surface area contributed by atoms with Gasteiger partial charge in [-0.1, -0.05) is 37.3 Å². The van der Waals surface area contributed by atoms with E-state index in [1.165, 1.54) is 17.3 Å². The molecular weight excluding hydrogens is 178 g/mol. The second kappa shape index (κ2) is 5.66. The van der Waals surface area contributed by atoms with E-state index in [4.69, 9.17) is 5.26 Å². The zero-order valence-corrected chi connectivity index (χ0v) is 8.55. The predicted octanol–water partition coefficient (Wildman–Crippen LogP) is 3.08. The molecule has 0 aliphatic rings. The van der Waals surface area contributed by atoms with Gasteiger partial charge in [0.25, 0.3) is 0 Å². The highest BCUT2D eigenvalue weighted by atomic mass is 32.2. The third kappa shape index (κ3) is 4.00. The summed E-state index contributed by atoms with van der Waals surface area (Å²) in [6.45, 7) is 2.18. The van der Waals surface area contributed by atoms with Crippen LogP contribution in [0.3, 0.4) is 0 Å². The summed E-state index contributed by atoms with van der Waals surface area (Å²) in [5.41, 5.74) is 1.36. The molecule has 1 nitrogen and oxygen atoms in total. The van der Waals surface area contributed by atoms with Gasteiger partial charge in [-0.15, -0.1) is 0 Å².